The number of hydrogen-bond acceptors (Lipinski definition) is 3. The van der Waals surface area contributed by atoms with Crippen molar-refractivity contribution >= 4 is 17.3 Å². The summed E-state index contributed by atoms with van der Waals surface area (Å²) in [5, 5.41) is 11.1. The minimum absolute atomic E-state index is 0.448. The summed E-state index contributed by atoms with van der Waals surface area (Å²) in [4.78, 5) is 8.91. The van der Waals surface area contributed by atoms with Crippen LogP contribution in [0.2, 0.25) is 0 Å². The molecule has 0 saturated carbocycles. The molecule has 5 nitrogen and oxygen atoms in total. The van der Waals surface area contributed by atoms with Crippen LogP contribution in [-0.2, 0) is 6.54 Å². The number of nitrogens with one attached hydrogen (secondary N) is 2. The lowest BCUT2D eigenvalue weighted by molar-refractivity contribution is 0.701. The van der Waals surface area contributed by atoms with Crippen molar-refractivity contribution in [3.05, 3.63) is 70.9 Å². The number of hydrogen-bond donors (Lipinski definition) is 2. The third kappa shape index (κ3) is 4.73. The monoisotopic (exact) mass is 367 g/mol. The number of aromatic nitrogens is 2. The Bertz CT molecular complexity index is 809. The Morgan fingerprint density at radius 2 is 2.15 bits per heavy atom. The summed E-state index contributed by atoms with van der Waals surface area (Å²) in [7, 11) is 0. The van der Waals surface area contributed by atoms with Gasteiger partial charge < -0.3 is 15.2 Å². The van der Waals surface area contributed by atoms with Crippen molar-refractivity contribution in [1.82, 2.24) is 20.2 Å². The number of para-hydroxylation sites is 1. The highest BCUT2D eigenvalue weighted by Gasteiger charge is 2.08. The molecule has 1 atom stereocenters. The number of aliphatic imine (C=N–C) groups is 1. The van der Waals surface area contributed by atoms with Gasteiger partial charge in [-0.25, -0.2) is 9.98 Å². The quantitative estimate of drug-likeness (QED) is 0.493. The summed E-state index contributed by atoms with van der Waals surface area (Å²) >= 11 is 1.74. The second-order valence-corrected chi connectivity index (χ2v) is 6.91. The van der Waals surface area contributed by atoms with Crippen molar-refractivity contribution in [3.8, 4) is 5.69 Å². The van der Waals surface area contributed by atoms with Gasteiger partial charge >= 0.3 is 0 Å². The normalized spacial score (nSPS) is 12.8. The van der Waals surface area contributed by atoms with E-state index in [0.29, 0.717) is 12.5 Å². The average molecular weight is 368 g/mol. The SMILES string of the molecule is CCNC(=NCc1ccccc1-n1ccnc1)NCC(C)c1ccsc1. The highest BCUT2D eigenvalue weighted by Crippen LogP contribution is 2.17. The summed E-state index contributed by atoms with van der Waals surface area (Å²) in [5.74, 6) is 1.29. The Morgan fingerprint density at radius 3 is 2.88 bits per heavy atom. The summed E-state index contributed by atoms with van der Waals surface area (Å²) < 4.78 is 2.02. The van der Waals surface area contributed by atoms with E-state index in [-0.39, 0.29) is 0 Å². The van der Waals surface area contributed by atoms with Crippen molar-refractivity contribution in [2.45, 2.75) is 26.3 Å². The van der Waals surface area contributed by atoms with Gasteiger partial charge in [0, 0.05) is 25.5 Å². The van der Waals surface area contributed by atoms with Crippen LogP contribution in [0.1, 0.15) is 30.9 Å². The summed E-state index contributed by atoms with van der Waals surface area (Å²) in [6, 6.07) is 10.5. The highest BCUT2D eigenvalue weighted by atomic mass is 32.1. The fourth-order valence-electron chi connectivity index (χ4n) is 2.73. The molecule has 26 heavy (non-hydrogen) atoms. The molecule has 2 aromatic heterocycles. The third-order valence-corrected chi connectivity index (χ3v) is 4.92. The molecule has 0 aliphatic rings. The van der Waals surface area contributed by atoms with Crippen LogP contribution in [-0.4, -0.2) is 28.6 Å². The van der Waals surface area contributed by atoms with E-state index in [1.165, 1.54) is 5.56 Å². The molecule has 3 aromatic rings. The van der Waals surface area contributed by atoms with Gasteiger partial charge in [-0.15, -0.1) is 0 Å². The second-order valence-electron chi connectivity index (χ2n) is 6.13. The van der Waals surface area contributed by atoms with Crippen molar-refractivity contribution in [2.75, 3.05) is 13.1 Å². The fraction of sp³-hybridized carbons (Fsp3) is 0.300. The first kappa shape index (κ1) is 18.2. The first-order valence-corrected chi connectivity index (χ1v) is 9.82. The first-order chi connectivity index (χ1) is 12.8. The van der Waals surface area contributed by atoms with Gasteiger partial charge in [-0.3, -0.25) is 0 Å². The molecule has 1 aromatic carbocycles. The fourth-order valence-corrected chi connectivity index (χ4v) is 3.51. The van der Waals surface area contributed by atoms with Gasteiger partial charge in [-0.2, -0.15) is 11.3 Å². The van der Waals surface area contributed by atoms with Gasteiger partial charge in [0.1, 0.15) is 0 Å². The number of imidazole rings is 1. The number of benzene rings is 1. The molecule has 3 rings (SSSR count). The summed E-state index contributed by atoms with van der Waals surface area (Å²) in [5.41, 5.74) is 3.63. The topological polar surface area (TPSA) is 54.2 Å². The van der Waals surface area contributed by atoms with Crippen LogP contribution >= 0.6 is 11.3 Å². The van der Waals surface area contributed by atoms with E-state index < -0.39 is 0 Å². The summed E-state index contributed by atoms with van der Waals surface area (Å²) in [6.07, 6.45) is 5.56. The van der Waals surface area contributed by atoms with Crippen LogP contribution in [0.25, 0.3) is 5.69 Å². The van der Waals surface area contributed by atoms with Crippen LogP contribution in [0, 0.1) is 0 Å². The predicted octanol–water partition coefficient (Wildman–Crippen LogP) is 3.79. The van der Waals surface area contributed by atoms with Crippen LogP contribution in [0.3, 0.4) is 0 Å². The maximum atomic E-state index is 4.77. The highest BCUT2D eigenvalue weighted by molar-refractivity contribution is 7.07. The van der Waals surface area contributed by atoms with Crippen LogP contribution in [0.5, 0.6) is 0 Å². The predicted molar refractivity (Wildman–Crippen MR) is 109 cm³/mol. The summed E-state index contributed by atoms with van der Waals surface area (Å²) in [6.45, 7) is 6.61. The molecular formula is C20H25N5S. The van der Waals surface area contributed by atoms with Crippen LogP contribution in [0.4, 0.5) is 0 Å². The molecule has 0 saturated heterocycles. The zero-order valence-electron chi connectivity index (χ0n) is 15.2. The Balaban J connectivity index is 1.68. The lowest BCUT2D eigenvalue weighted by Gasteiger charge is -2.16. The van der Waals surface area contributed by atoms with Crippen molar-refractivity contribution in [3.63, 3.8) is 0 Å². The molecule has 0 spiro atoms. The second kappa shape index (κ2) is 9.20. The zero-order chi connectivity index (χ0) is 18.2. The smallest absolute Gasteiger partial charge is 0.191 e. The Hall–Kier alpha value is -2.60. The molecule has 0 fully saturated rings. The van der Waals surface area contributed by atoms with Crippen LogP contribution < -0.4 is 10.6 Å². The molecule has 0 aliphatic heterocycles. The van der Waals surface area contributed by atoms with Gasteiger partial charge in [0.05, 0.1) is 18.6 Å². The minimum atomic E-state index is 0.448. The van der Waals surface area contributed by atoms with E-state index in [4.69, 9.17) is 4.99 Å². The van der Waals surface area contributed by atoms with Crippen molar-refractivity contribution in [1.29, 1.82) is 0 Å². The Morgan fingerprint density at radius 1 is 1.27 bits per heavy atom. The standard InChI is InChI=1S/C20H25N5S/c1-3-22-20(23-12-16(2)18-8-11-26-14-18)24-13-17-6-4-5-7-19(17)25-10-9-21-15-25/h4-11,14-16H,3,12-13H2,1-2H3,(H2,22,23,24). The lowest BCUT2D eigenvalue weighted by atomic mass is 10.1. The largest absolute Gasteiger partial charge is 0.357 e. The number of nitrogens with zero attached hydrogens (tertiary/aromatic N) is 3. The average Bonchev–Trinajstić information content (AvgIpc) is 3.38. The van der Waals surface area contributed by atoms with Gasteiger partial charge in [0.15, 0.2) is 5.96 Å². The van der Waals surface area contributed by atoms with Gasteiger partial charge in [-0.1, -0.05) is 25.1 Å². The van der Waals surface area contributed by atoms with E-state index in [1.54, 1.807) is 17.5 Å². The molecule has 136 valence electrons. The van der Waals surface area contributed by atoms with E-state index in [1.807, 2.05) is 29.2 Å². The minimum Gasteiger partial charge on any atom is -0.357 e. The van der Waals surface area contributed by atoms with Gasteiger partial charge in [0.2, 0.25) is 0 Å². The zero-order valence-corrected chi connectivity index (χ0v) is 16.0. The Kier molecular flexibility index (Phi) is 6.44. The molecule has 1 unspecified atom stereocenters. The number of thiophene rings is 1. The molecular weight excluding hydrogens is 342 g/mol. The van der Waals surface area contributed by atoms with Crippen LogP contribution in [0.15, 0.2) is 64.8 Å². The Labute approximate surface area is 158 Å². The van der Waals surface area contributed by atoms with E-state index in [2.05, 4.69) is 58.4 Å². The molecule has 6 heteroatoms. The molecule has 0 amide bonds. The van der Waals surface area contributed by atoms with E-state index in [0.717, 1.165) is 30.3 Å². The number of guanidine groups is 1. The van der Waals surface area contributed by atoms with Gasteiger partial charge in [0.25, 0.3) is 0 Å². The van der Waals surface area contributed by atoms with Crippen molar-refractivity contribution < 1.29 is 0 Å². The number of rotatable bonds is 7. The molecule has 0 bridgehead atoms. The van der Waals surface area contributed by atoms with Crippen molar-refractivity contribution in [2.24, 2.45) is 4.99 Å². The molecule has 2 N–H and O–H groups in total. The molecule has 0 aliphatic carbocycles. The first-order valence-electron chi connectivity index (χ1n) is 8.88. The molecule has 2 heterocycles. The maximum Gasteiger partial charge on any atom is 0.191 e. The third-order valence-electron chi connectivity index (χ3n) is 4.21. The molecule has 0 radical (unpaired) electrons. The lowest BCUT2D eigenvalue weighted by Crippen LogP contribution is -2.39. The van der Waals surface area contributed by atoms with Gasteiger partial charge in [-0.05, 0) is 46.9 Å². The van der Waals surface area contributed by atoms with E-state index in [9.17, 15) is 0 Å². The maximum absolute atomic E-state index is 4.77. The van der Waals surface area contributed by atoms with E-state index >= 15 is 0 Å².